The Kier molecular flexibility index (Phi) is 6.75. The average Bonchev–Trinajstić information content (AvgIpc) is 2.10. The molecule has 0 N–H and O–H groups in total. The summed E-state index contributed by atoms with van der Waals surface area (Å²) >= 11 is 3.38. The molecule has 0 saturated carbocycles. The molecule has 0 aromatic carbocycles. The molecule has 0 atom stereocenters. The molecule has 2 nitrogen and oxygen atoms in total. The van der Waals surface area contributed by atoms with Crippen LogP contribution in [0.4, 0.5) is 0 Å². The van der Waals surface area contributed by atoms with Crippen LogP contribution in [-0.4, -0.2) is 17.9 Å². The van der Waals surface area contributed by atoms with Crippen molar-refractivity contribution in [2.45, 2.75) is 54.4 Å². The third-order valence-electron chi connectivity index (χ3n) is 2.43. The van der Waals surface area contributed by atoms with Gasteiger partial charge in [0.2, 0.25) is 0 Å². The smallest absolute Gasteiger partial charge is 0.314 e. The highest BCUT2D eigenvalue weighted by Crippen LogP contribution is 2.39. The van der Waals surface area contributed by atoms with E-state index in [-0.39, 0.29) is 16.8 Å². The van der Waals surface area contributed by atoms with Gasteiger partial charge in [-0.15, -0.1) is 0 Å². The lowest BCUT2D eigenvalue weighted by Crippen LogP contribution is -2.27. The summed E-state index contributed by atoms with van der Waals surface area (Å²) in [6.07, 6.45) is 1.87. The van der Waals surface area contributed by atoms with E-state index >= 15 is 0 Å². The molecule has 0 aliphatic rings. The van der Waals surface area contributed by atoms with E-state index < -0.39 is 0 Å². The molecule has 0 aliphatic heterocycles. The lowest BCUT2D eigenvalue weighted by molar-refractivity contribution is -0.141. The zero-order valence-electron chi connectivity index (χ0n) is 12.0. The zero-order valence-corrected chi connectivity index (χ0v) is 13.6. The van der Waals surface area contributed by atoms with Crippen LogP contribution < -0.4 is 0 Å². The quantitative estimate of drug-likeness (QED) is 0.538. The van der Waals surface area contributed by atoms with Gasteiger partial charge in [-0.05, 0) is 30.6 Å². The van der Waals surface area contributed by atoms with Crippen LogP contribution >= 0.6 is 15.9 Å². The van der Waals surface area contributed by atoms with Gasteiger partial charge in [0.05, 0.1) is 12.5 Å². The predicted molar refractivity (Wildman–Crippen MR) is 76.1 cm³/mol. The molecule has 0 heterocycles. The van der Waals surface area contributed by atoms with Crippen LogP contribution in [0, 0.1) is 16.7 Å². The molecule has 0 fully saturated rings. The molecule has 101 valence electrons. The van der Waals surface area contributed by atoms with Crippen molar-refractivity contribution >= 4 is 21.9 Å². The van der Waals surface area contributed by atoms with E-state index in [0.717, 1.165) is 18.8 Å². The van der Waals surface area contributed by atoms with Crippen LogP contribution in [-0.2, 0) is 9.53 Å². The van der Waals surface area contributed by atoms with Gasteiger partial charge in [0.1, 0.15) is 0 Å². The van der Waals surface area contributed by atoms with E-state index in [2.05, 4.69) is 50.5 Å². The second-order valence-corrected chi connectivity index (χ2v) is 7.10. The number of hydrogen-bond acceptors (Lipinski definition) is 2. The largest absolute Gasteiger partial charge is 0.466 e. The number of ether oxygens (including phenoxy) is 1. The molecular weight excluding hydrogens is 280 g/mol. The minimum Gasteiger partial charge on any atom is -0.466 e. The highest BCUT2D eigenvalue weighted by atomic mass is 79.9. The van der Waals surface area contributed by atoms with Crippen molar-refractivity contribution in [3.8, 4) is 0 Å². The van der Waals surface area contributed by atoms with Crippen LogP contribution in [0.25, 0.3) is 0 Å². The van der Waals surface area contributed by atoms with Crippen LogP contribution in [0.5, 0.6) is 0 Å². The molecule has 0 aliphatic carbocycles. The zero-order chi connectivity index (χ0) is 13.7. The van der Waals surface area contributed by atoms with Crippen molar-refractivity contribution in [3.05, 3.63) is 5.92 Å². The second-order valence-electron chi connectivity index (χ2n) is 6.54. The summed E-state index contributed by atoms with van der Waals surface area (Å²) in [6, 6.07) is 0. The predicted octanol–water partition coefficient (Wildman–Crippen LogP) is 4.37. The lowest BCUT2D eigenvalue weighted by Gasteiger charge is -2.34. The van der Waals surface area contributed by atoms with Crippen molar-refractivity contribution < 1.29 is 9.53 Å². The molecule has 0 aromatic heterocycles. The molecule has 0 aromatic rings. The summed E-state index contributed by atoms with van der Waals surface area (Å²) in [7, 11) is 0. The van der Waals surface area contributed by atoms with Crippen molar-refractivity contribution in [1.29, 1.82) is 0 Å². The van der Waals surface area contributed by atoms with E-state index in [9.17, 15) is 4.79 Å². The monoisotopic (exact) mass is 305 g/mol. The normalized spacial score (nSPS) is 12.9. The van der Waals surface area contributed by atoms with Gasteiger partial charge in [0, 0.05) is 5.33 Å². The second kappa shape index (κ2) is 6.77. The van der Waals surface area contributed by atoms with Crippen molar-refractivity contribution in [3.63, 3.8) is 0 Å². The molecule has 0 saturated heterocycles. The minimum atomic E-state index is -0.161. The van der Waals surface area contributed by atoms with Gasteiger partial charge in [-0.2, -0.15) is 0 Å². The number of esters is 1. The molecule has 0 spiro atoms. The molecule has 0 bridgehead atoms. The molecule has 0 rings (SSSR count). The minimum absolute atomic E-state index is 0.119. The summed E-state index contributed by atoms with van der Waals surface area (Å²) in [5.74, 6) is 0.674. The third kappa shape index (κ3) is 7.80. The van der Waals surface area contributed by atoms with Gasteiger partial charge < -0.3 is 4.74 Å². The van der Waals surface area contributed by atoms with E-state index in [0.29, 0.717) is 11.9 Å². The first-order valence-corrected chi connectivity index (χ1v) is 7.31. The van der Waals surface area contributed by atoms with Gasteiger partial charge in [-0.25, -0.2) is 0 Å². The van der Waals surface area contributed by atoms with Gasteiger partial charge in [0.15, 0.2) is 0 Å². The Hall–Kier alpha value is -0.0500. The fraction of sp³-hybridized carbons (Fsp3) is 0.857. The average molecular weight is 306 g/mol. The van der Waals surface area contributed by atoms with Crippen LogP contribution in [0.1, 0.15) is 54.4 Å². The van der Waals surface area contributed by atoms with Gasteiger partial charge in [-0.1, -0.05) is 50.5 Å². The summed E-state index contributed by atoms with van der Waals surface area (Å²) in [4.78, 5) is 11.7. The standard InChI is InChI=1S/C14H26BrO2/c1-7-17-12(16)11(9-15)8-14(5,6)10-13(2,3)4/h7-10H2,1-6H3. The summed E-state index contributed by atoms with van der Waals surface area (Å²) in [6.45, 7) is 13.4. The van der Waals surface area contributed by atoms with E-state index in [1.807, 2.05) is 6.92 Å². The molecule has 0 amide bonds. The highest BCUT2D eigenvalue weighted by molar-refractivity contribution is 9.09. The highest BCUT2D eigenvalue weighted by Gasteiger charge is 2.32. The summed E-state index contributed by atoms with van der Waals surface area (Å²) in [5.41, 5.74) is 0.393. The number of rotatable bonds is 6. The van der Waals surface area contributed by atoms with Crippen molar-refractivity contribution in [2.24, 2.45) is 10.8 Å². The Morgan fingerprint density at radius 3 is 2.06 bits per heavy atom. The SMILES string of the molecule is CCOC(=O)[C](CBr)CC(C)(C)CC(C)(C)C. The van der Waals surface area contributed by atoms with Crippen LogP contribution in [0.2, 0.25) is 0 Å². The van der Waals surface area contributed by atoms with Crippen LogP contribution in [0.15, 0.2) is 0 Å². The Morgan fingerprint density at radius 2 is 1.71 bits per heavy atom. The fourth-order valence-electron chi connectivity index (χ4n) is 2.48. The first-order valence-electron chi connectivity index (χ1n) is 6.19. The van der Waals surface area contributed by atoms with Crippen LogP contribution in [0.3, 0.4) is 0 Å². The van der Waals surface area contributed by atoms with E-state index in [1.54, 1.807) is 0 Å². The third-order valence-corrected chi connectivity index (χ3v) is 3.10. The maximum absolute atomic E-state index is 11.7. The Morgan fingerprint density at radius 1 is 1.18 bits per heavy atom. The lowest BCUT2D eigenvalue weighted by atomic mass is 9.72. The maximum atomic E-state index is 11.7. The van der Waals surface area contributed by atoms with Gasteiger partial charge in [-0.3, -0.25) is 4.79 Å². The summed E-state index contributed by atoms with van der Waals surface area (Å²) < 4.78 is 5.06. The Bertz CT molecular complexity index is 241. The topological polar surface area (TPSA) is 26.3 Å². The van der Waals surface area contributed by atoms with Crippen molar-refractivity contribution in [1.82, 2.24) is 0 Å². The number of carbonyl (C=O) groups is 1. The Labute approximate surface area is 115 Å². The fourth-order valence-corrected chi connectivity index (χ4v) is 2.91. The number of carbonyl (C=O) groups excluding carboxylic acids is 1. The number of halogens is 1. The van der Waals surface area contributed by atoms with E-state index in [1.165, 1.54) is 0 Å². The summed E-state index contributed by atoms with van der Waals surface area (Å²) in [5, 5.41) is 0.597. The molecule has 1 radical (unpaired) electrons. The molecule has 17 heavy (non-hydrogen) atoms. The molecule has 3 heteroatoms. The first-order chi connectivity index (χ1) is 7.61. The number of alkyl halides is 1. The van der Waals surface area contributed by atoms with E-state index in [4.69, 9.17) is 4.74 Å². The molecular formula is C14H26BrO2. The van der Waals surface area contributed by atoms with Gasteiger partial charge in [0.25, 0.3) is 0 Å². The van der Waals surface area contributed by atoms with Crippen molar-refractivity contribution in [2.75, 3.05) is 11.9 Å². The maximum Gasteiger partial charge on any atom is 0.314 e. The van der Waals surface area contributed by atoms with Gasteiger partial charge >= 0.3 is 5.97 Å². The Balaban J connectivity index is 4.49. The first kappa shape index (κ1) is 16.9. The number of hydrogen-bond donors (Lipinski definition) is 0. The molecule has 0 unspecified atom stereocenters.